The molecule has 1 aromatic carbocycles. The third-order valence-corrected chi connectivity index (χ3v) is 6.36. The molecular formula is C21H24N2O5. The number of Topliss-reactive ketones (excluding diaryl/α,β-unsaturated/α-hetero) is 1. The van der Waals surface area contributed by atoms with Crippen LogP contribution >= 0.6 is 0 Å². The van der Waals surface area contributed by atoms with Crippen LogP contribution in [0.1, 0.15) is 32.6 Å². The van der Waals surface area contributed by atoms with Gasteiger partial charge in [0.05, 0.1) is 13.2 Å². The van der Waals surface area contributed by atoms with Gasteiger partial charge in [-0.15, -0.1) is 0 Å². The van der Waals surface area contributed by atoms with Crippen molar-refractivity contribution in [3.63, 3.8) is 0 Å². The molecule has 4 rings (SSSR count). The van der Waals surface area contributed by atoms with Crippen molar-refractivity contribution in [3.8, 4) is 0 Å². The fourth-order valence-electron chi connectivity index (χ4n) is 5.13. The number of para-hydroxylation sites is 1. The van der Waals surface area contributed by atoms with E-state index in [0.717, 1.165) is 0 Å². The van der Waals surface area contributed by atoms with Crippen LogP contribution in [0.4, 0.5) is 5.69 Å². The van der Waals surface area contributed by atoms with Gasteiger partial charge in [0.15, 0.2) is 0 Å². The number of ketones is 1. The van der Waals surface area contributed by atoms with Crippen molar-refractivity contribution < 1.29 is 24.2 Å². The van der Waals surface area contributed by atoms with Gasteiger partial charge in [0.1, 0.15) is 0 Å². The minimum Gasteiger partial charge on any atom is -0.465 e. The molecule has 0 spiro atoms. The maximum absolute atomic E-state index is 12.8. The molecule has 0 radical (unpaired) electrons. The van der Waals surface area contributed by atoms with Crippen LogP contribution in [0.25, 0.3) is 0 Å². The standard InChI is InChI=1S/C21H24N2O5/c1-3-20-12-16(24)18(25)22-11-7-10-15(17(20)22)23(14-8-5-4-6-9-14)21(27,13-20)19(26)28-2/h4-6,8-10,17,27H,3,7,11-13H2,1-2H3/t17-,20+,21+/m1/s1. The van der Waals surface area contributed by atoms with Crippen molar-refractivity contribution in [2.24, 2.45) is 5.41 Å². The second-order valence-corrected chi connectivity index (χ2v) is 7.79. The third-order valence-electron chi connectivity index (χ3n) is 6.36. The molecule has 0 saturated carbocycles. The molecule has 7 nitrogen and oxygen atoms in total. The zero-order valence-electron chi connectivity index (χ0n) is 16.1. The summed E-state index contributed by atoms with van der Waals surface area (Å²) in [5.41, 5.74) is -1.36. The van der Waals surface area contributed by atoms with Gasteiger partial charge in [0.25, 0.3) is 5.91 Å². The highest BCUT2D eigenvalue weighted by molar-refractivity contribution is 6.37. The molecule has 3 aliphatic rings. The average molecular weight is 384 g/mol. The van der Waals surface area contributed by atoms with Gasteiger partial charge in [-0.25, -0.2) is 4.79 Å². The molecule has 28 heavy (non-hydrogen) atoms. The lowest BCUT2D eigenvalue weighted by Crippen LogP contribution is -2.72. The summed E-state index contributed by atoms with van der Waals surface area (Å²) in [6.45, 7) is 2.39. The van der Waals surface area contributed by atoms with E-state index in [1.54, 1.807) is 9.80 Å². The summed E-state index contributed by atoms with van der Waals surface area (Å²) in [7, 11) is 1.24. The number of carbonyl (C=O) groups excluding carboxylic acids is 3. The highest BCUT2D eigenvalue weighted by Crippen LogP contribution is 2.55. The Labute approximate surface area is 163 Å². The first-order valence-corrected chi connectivity index (χ1v) is 9.58. The Morgan fingerprint density at radius 3 is 2.64 bits per heavy atom. The van der Waals surface area contributed by atoms with Gasteiger partial charge in [0.2, 0.25) is 11.5 Å². The van der Waals surface area contributed by atoms with Gasteiger partial charge < -0.3 is 19.6 Å². The van der Waals surface area contributed by atoms with Gasteiger partial charge in [0, 0.05) is 36.2 Å². The number of nitrogens with zero attached hydrogens (tertiary/aromatic N) is 2. The maximum atomic E-state index is 12.8. The number of hydrogen-bond donors (Lipinski definition) is 1. The Bertz CT molecular complexity index is 867. The molecule has 0 aromatic heterocycles. The molecule has 1 amide bonds. The number of aliphatic hydroxyl groups is 1. The normalized spacial score (nSPS) is 32.0. The Morgan fingerprint density at radius 1 is 1.29 bits per heavy atom. The molecule has 0 unspecified atom stereocenters. The first-order valence-electron chi connectivity index (χ1n) is 9.58. The predicted molar refractivity (Wildman–Crippen MR) is 101 cm³/mol. The molecule has 3 heterocycles. The number of amides is 1. The minimum absolute atomic E-state index is 0.00952. The smallest absolute Gasteiger partial charge is 0.359 e. The lowest BCUT2D eigenvalue weighted by molar-refractivity contribution is -0.177. The highest BCUT2D eigenvalue weighted by Gasteiger charge is 2.64. The SMILES string of the molecule is CC[C@@]12CC(=O)C(=O)N3CCC=C([C@@H]31)N(c1ccccc1)[C@@](O)(C(=O)OC)C2. The molecule has 148 valence electrons. The molecule has 7 heteroatoms. The Hall–Kier alpha value is -2.67. The first-order chi connectivity index (χ1) is 13.4. The van der Waals surface area contributed by atoms with E-state index in [0.29, 0.717) is 30.8 Å². The zero-order chi connectivity index (χ0) is 20.1. The van der Waals surface area contributed by atoms with E-state index in [2.05, 4.69) is 0 Å². The lowest BCUT2D eigenvalue weighted by atomic mass is 9.61. The summed E-state index contributed by atoms with van der Waals surface area (Å²) in [4.78, 5) is 41.1. The Morgan fingerprint density at radius 2 is 2.00 bits per heavy atom. The number of hydrogen-bond acceptors (Lipinski definition) is 6. The van der Waals surface area contributed by atoms with Crippen LogP contribution in [0.15, 0.2) is 42.1 Å². The predicted octanol–water partition coefficient (Wildman–Crippen LogP) is 1.61. The molecular weight excluding hydrogens is 360 g/mol. The van der Waals surface area contributed by atoms with Crippen molar-refractivity contribution in [2.45, 2.75) is 44.4 Å². The van der Waals surface area contributed by atoms with Crippen LogP contribution in [0.3, 0.4) is 0 Å². The molecule has 3 atom stereocenters. The van der Waals surface area contributed by atoms with Gasteiger partial charge >= 0.3 is 5.97 Å². The molecule has 1 N–H and O–H groups in total. The van der Waals surface area contributed by atoms with Gasteiger partial charge in [-0.05, 0) is 25.0 Å². The molecule has 3 aliphatic heterocycles. The van der Waals surface area contributed by atoms with Crippen LogP contribution in [0, 0.1) is 5.41 Å². The largest absolute Gasteiger partial charge is 0.465 e. The van der Waals surface area contributed by atoms with Gasteiger partial charge in [-0.3, -0.25) is 9.59 Å². The summed E-state index contributed by atoms with van der Waals surface area (Å²) in [6.07, 6.45) is 3.09. The number of rotatable bonds is 3. The van der Waals surface area contributed by atoms with Crippen molar-refractivity contribution in [1.82, 2.24) is 4.90 Å². The third kappa shape index (κ3) is 2.42. The van der Waals surface area contributed by atoms with E-state index in [-0.39, 0.29) is 18.9 Å². The van der Waals surface area contributed by atoms with E-state index in [1.165, 1.54) is 7.11 Å². The Balaban J connectivity index is 1.95. The quantitative estimate of drug-likeness (QED) is 0.629. The summed E-state index contributed by atoms with van der Waals surface area (Å²) < 4.78 is 4.98. The van der Waals surface area contributed by atoms with Crippen LogP contribution in [0.5, 0.6) is 0 Å². The minimum atomic E-state index is -1.96. The van der Waals surface area contributed by atoms with E-state index in [4.69, 9.17) is 4.74 Å². The van der Waals surface area contributed by atoms with Crippen molar-refractivity contribution in [3.05, 3.63) is 42.1 Å². The second kappa shape index (κ2) is 6.44. The summed E-state index contributed by atoms with van der Waals surface area (Å²) >= 11 is 0. The molecule has 1 aromatic rings. The average Bonchev–Trinajstić information content (AvgIpc) is 2.71. The number of anilines is 1. The van der Waals surface area contributed by atoms with Crippen molar-refractivity contribution in [2.75, 3.05) is 18.6 Å². The second-order valence-electron chi connectivity index (χ2n) is 7.79. The topological polar surface area (TPSA) is 87.2 Å². The van der Waals surface area contributed by atoms with E-state index >= 15 is 0 Å². The first kappa shape index (κ1) is 18.7. The van der Waals surface area contributed by atoms with E-state index < -0.39 is 28.8 Å². The summed E-state index contributed by atoms with van der Waals surface area (Å²) in [5, 5.41) is 11.6. The van der Waals surface area contributed by atoms with Crippen molar-refractivity contribution in [1.29, 1.82) is 0 Å². The number of esters is 1. The fourth-order valence-corrected chi connectivity index (χ4v) is 5.13. The summed E-state index contributed by atoms with van der Waals surface area (Å²) in [6, 6.07) is 8.76. The van der Waals surface area contributed by atoms with Gasteiger partial charge in [-0.1, -0.05) is 31.2 Å². The number of piperidine rings is 2. The van der Waals surface area contributed by atoms with E-state index in [9.17, 15) is 19.5 Å². The molecule has 2 saturated heterocycles. The number of benzene rings is 1. The van der Waals surface area contributed by atoms with Crippen LogP contribution < -0.4 is 4.90 Å². The van der Waals surface area contributed by atoms with Crippen LogP contribution in [-0.2, 0) is 19.1 Å². The molecule has 0 aliphatic carbocycles. The van der Waals surface area contributed by atoms with E-state index in [1.807, 2.05) is 43.3 Å². The van der Waals surface area contributed by atoms with Crippen LogP contribution in [0.2, 0.25) is 0 Å². The Kier molecular flexibility index (Phi) is 4.30. The molecule has 0 bridgehead atoms. The number of methoxy groups -OCH3 is 1. The number of carbonyl (C=O) groups is 3. The maximum Gasteiger partial charge on any atom is 0.359 e. The fraction of sp³-hybridized carbons (Fsp3) is 0.476. The van der Waals surface area contributed by atoms with Crippen LogP contribution in [-0.4, -0.2) is 53.1 Å². The monoisotopic (exact) mass is 384 g/mol. The van der Waals surface area contributed by atoms with Crippen molar-refractivity contribution >= 4 is 23.3 Å². The zero-order valence-corrected chi connectivity index (χ0v) is 16.1. The van der Waals surface area contributed by atoms with Gasteiger partial charge in [-0.2, -0.15) is 0 Å². The lowest BCUT2D eigenvalue weighted by Gasteiger charge is -2.60. The molecule has 2 fully saturated rings. The summed E-state index contributed by atoms with van der Waals surface area (Å²) in [5.74, 6) is -1.71. The number of ether oxygens (including phenoxy) is 1. The highest BCUT2D eigenvalue weighted by atomic mass is 16.5.